The standard InChI is InChI=1S/C21H24N2O4/c1-15-3-9-18(10-4-15)20(25)23-19(21(26)22-11-12-27-2)13-16-5-7-17(14-24)8-6-16/h3-10,13,24H,11-12,14H2,1-2H3,(H,22,26)(H,23,25)/b19-13-. The Hall–Kier alpha value is -2.96. The highest BCUT2D eigenvalue weighted by Crippen LogP contribution is 2.10. The molecule has 0 aliphatic rings. The van der Waals surface area contributed by atoms with Crippen LogP contribution >= 0.6 is 0 Å². The maximum Gasteiger partial charge on any atom is 0.267 e. The Kier molecular flexibility index (Phi) is 7.73. The Bertz CT molecular complexity index is 796. The highest BCUT2D eigenvalue weighted by atomic mass is 16.5. The van der Waals surface area contributed by atoms with Crippen LogP contribution in [0.15, 0.2) is 54.2 Å². The molecule has 2 aromatic carbocycles. The molecule has 6 nitrogen and oxygen atoms in total. The summed E-state index contributed by atoms with van der Waals surface area (Å²) in [4.78, 5) is 25.0. The molecular weight excluding hydrogens is 344 g/mol. The normalized spacial score (nSPS) is 11.1. The Labute approximate surface area is 158 Å². The number of hydrogen-bond donors (Lipinski definition) is 3. The number of ether oxygens (including phenoxy) is 1. The molecule has 0 heterocycles. The van der Waals surface area contributed by atoms with Gasteiger partial charge in [-0.05, 0) is 36.3 Å². The van der Waals surface area contributed by atoms with E-state index in [9.17, 15) is 9.59 Å². The van der Waals surface area contributed by atoms with E-state index in [0.717, 1.165) is 16.7 Å². The molecule has 0 saturated heterocycles. The summed E-state index contributed by atoms with van der Waals surface area (Å²) in [6, 6.07) is 14.2. The minimum Gasteiger partial charge on any atom is -0.392 e. The van der Waals surface area contributed by atoms with Gasteiger partial charge in [-0.3, -0.25) is 9.59 Å². The Morgan fingerprint density at radius 3 is 2.33 bits per heavy atom. The van der Waals surface area contributed by atoms with E-state index in [4.69, 9.17) is 9.84 Å². The summed E-state index contributed by atoms with van der Waals surface area (Å²) >= 11 is 0. The minimum absolute atomic E-state index is 0.0570. The van der Waals surface area contributed by atoms with E-state index in [1.54, 1.807) is 49.6 Å². The van der Waals surface area contributed by atoms with E-state index in [1.807, 2.05) is 19.1 Å². The van der Waals surface area contributed by atoms with Gasteiger partial charge >= 0.3 is 0 Å². The quantitative estimate of drug-likeness (QED) is 0.491. The second kappa shape index (κ2) is 10.3. The summed E-state index contributed by atoms with van der Waals surface area (Å²) in [5, 5.41) is 14.5. The van der Waals surface area contributed by atoms with E-state index < -0.39 is 5.91 Å². The third-order valence-corrected chi connectivity index (χ3v) is 3.87. The fourth-order valence-electron chi connectivity index (χ4n) is 2.31. The molecule has 0 saturated carbocycles. The van der Waals surface area contributed by atoms with Gasteiger partial charge in [-0.25, -0.2) is 0 Å². The summed E-state index contributed by atoms with van der Waals surface area (Å²) in [5.74, 6) is -0.770. The largest absolute Gasteiger partial charge is 0.392 e. The van der Waals surface area contributed by atoms with Crippen molar-refractivity contribution in [1.29, 1.82) is 0 Å². The molecule has 2 aromatic rings. The number of hydrogen-bond acceptors (Lipinski definition) is 4. The molecule has 0 atom stereocenters. The zero-order valence-electron chi connectivity index (χ0n) is 15.5. The summed E-state index contributed by atoms with van der Waals surface area (Å²) in [5.41, 5.74) is 3.14. The van der Waals surface area contributed by atoms with Crippen LogP contribution in [-0.4, -0.2) is 37.2 Å². The van der Waals surface area contributed by atoms with Crippen molar-refractivity contribution in [3.63, 3.8) is 0 Å². The maximum absolute atomic E-state index is 12.5. The zero-order valence-corrected chi connectivity index (χ0v) is 15.5. The molecule has 2 amide bonds. The average molecular weight is 368 g/mol. The van der Waals surface area contributed by atoms with Crippen molar-refractivity contribution < 1.29 is 19.4 Å². The molecule has 27 heavy (non-hydrogen) atoms. The molecule has 0 radical (unpaired) electrons. The second-order valence-electron chi connectivity index (χ2n) is 6.03. The number of carbonyl (C=O) groups is 2. The van der Waals surface area contributed by atoms with Gasteiger partial charge in [0.2, 0.25) is 0 Å². The van der Waals surface area contributed by atoms with E-state index >= 15 is 0 Å². The van der Waals surface area contributed by atoms with Crippen LogP contribution in [0.5, 0.6) is 0 Å². The first-order valence-electron chi connectivity index (χ1n) is 8.60. The molecular formula is C21H24N2O4. The molecule has 6 heteroatoms. The lowest BCUT2D eigenvalue weighted by molar-refractivity contribution is -0.117. The topological polar surface area (TPSA) is 87.7 Å². The van der Waals surface area contributed by atoms with E-state index in [1.165, 1.54) is 0 Å². The fraction of sp³-hybridized carbons (Fsp3) is 0.238. The van der Waals surface area contributed by atoms with Crippen LogP contribution < -0.4 is 10.6 Å². The lowest BCUT2D eigenvalue weighted by atomic mass is 10.1. The van der Waals surface area contributed by atoms with Crippen molar-refractivity contribution in [2.45, 2.75) is 13.5 Å². The number of aryl methyl sites for hydroxylation is 1. The number of benzene rings is 2. The van der Waals surface area contributed by atoms with Crippen LogP contribution in [0.3, 0.4) is 0 Å². The lowest BCUT2D eigenvalue weighted by Gasteiger charge is -2.11. The number of rotatable bonds is 8. The van der Waals surface area contributed by atoms with Crippen LogP contribution in [-0.2, 0) is 16.1 Å². The Morgan fingerprint density at radius 1 is 1.07 bits per heavy atom. The number of carbonyl (C=O) groups excluding carboxylic acids is 2. The molecule has 0 aromatic heterocycles. The highest BCUT2D eigenvalue weighted by molar-refractivity contribution is 6.05. The molecule has 2 rings (SSSR count). The van der Waals surface area contributed by atoms with Crippen molar-refractivity contribution in [2.24, 2.45) is 0 Å². The van der Waals surface area contributed by atoms with Crippen molar-refractivity contribution in [2.75, 3.05) is 20.3 Å². The number of aliphatic hydroxyl groups excluding tert-OH is 1. The maximum atomic E-state index is 12.5. The SMILES string of the molecule is COCCNC(=O)/C(=C/c1ccc(CO)cc1)NC(=O)c1ccc(C)cc1. The average Bonchev–Trinajstić information content (AvgIpc) is 2.68. The van der Waals surface area contributed by atoms with Gasteiger partial charge < -0.3 is 20.5 Å². The third kappa shape index (κ3) is 6.36. The van der Waals surface area contributed by atoms with Gasteiger partial charge in [-0.2, -0.15) is 0 Å². The Balaban J connectivity index is 2.22. The van der Waals surface area contributed by atoms with Crippen LogP contribution in [0.2, 0.25) is 0 Å². The van der Waals surface area contributed by atoms with Crippen LogP contribution in [0, 0.1) is 6.92 Å². The zero-order chi connectivity index (χ0) is 19.6. The van der Waals surface area contributed by atoms with Gasteiger partial charge in [0.15, 0.2) is 0 Å². The molecule has 0 aliphatic heterocycles. The Morgan fingerprint density at radius 2 is 1.74 bits per heavy atom. The summed E-state index contributed by atoms with van der Waals surface area (Å²) in [7, 11) is 1.55. The van der Waals surface area contributed by atoms with Crippen molar-refractivity contribution in [1.82, 2.24) is 10.6 Å². The highest BCUT2D eigenvalue weighted by Gasteiger charge is 2.14. The molecule has 0 fully saturated rings. The summed E-state index contributed by atoms with van der Waals surface area (Å²) < 4.78 is 4.93. The predicted octanol–water partition coefficient (Wildman–Crippen LogP) is 2.02. The van der Waals surface area contributed by atoms with Crippen LogP contribution in [0.4, 0.5) is 0 Å². The summed E-state index contributed by atoms with van der Waals surface area (Å²) in [6.45, 7) is 2.58. The summed E-state index contributed by atoms with van der Waals surface area (Å²) in [6.07, 6.45) is 1.59. The van der Waals surface area contributed by atoms with Gasteiger partial charge in [-0.15, -0.1) is 0 Å². The van der Waals surface area contributed by atoms with Crippen LogP contribution in [0.1, 0.15) is 27.0 Å². The van der Waals surface area contributed by atoms with Crippen molar-refractivity contribution in [3.05, 3.63) is 76.5 Å². The van der Waals surface area contributed by atoms with Gasteiger partial charge in [0, 0.05) is 19.2 Å². The van der Waals surface area contributed by atoms with E-state index in [0.29, 0.717) is 18.7 Å². The molecule has 142 valence electrons. The lowest BCUT2D eigenvalue weighted by Crippen LogP contribution is -2.36. The first kappa shape index (κ1) is 20.4. The smallest absolute Gasteiger partial charge is 0.267 e. The van der Waals surface area contributed by atoms with E-state index in [-0.39, 0.29) is 18.2 Å². The number of amides is 2. The molecule has 0 unspecified atom stereocenters. The molecule has 0 spiro atoms. The first-order valence-corrected chi connectivity index (χ1v) is 8.60. The van der Waals surface area contributed by atoms with Gasteiger partial charge in [0.05, 0.1) is 13.2 Å². The van der Waals surface area contributed by atoms with Crippen LogP contribution in [0.25, 0.3) is 6.08 Å². The number of methoxy groups -OCH3 is 1. The monoisotopic (exact) mass is 368 g/mol. The van der Waals surface area contributed by atoms with Gasteiger partial charge in [0.25, 0.3) is 11.8 Å². The number of aliphatic hydroxyl groups is 1. The molecule has 3 N–H and O–H groups in total. The third-order valence-electron chi connectivity index (χ3n) is 3.87. The van der Waals surface area contributed by atoms with Crippen molar-refractivity contribution in [3.8, 4) is 0 Å². The molecule has 0 aliphatic carbocycles. The first-order chi connectivity index (χ1) is 13.0. The van der Waals surface area contributed by atoms with Gasteiger partial charge in [0.1, 0.15) is 5.70 Å². The second-order valence-corrected chi connectivity index (χ2v) is 6.03. The predicted molar refractivity (Wildman–Crippen MR) is 104 cm³/mol. The van der Waals surface area contributed by atoms with E-state index in [2.05, 4.69) is 10.6 Å². The number of nitrogens with one attached hydrogen (secondary N) is 2. The fourth-order valence-corrected chi connectivity index (χ4v) is 2.31. The van der Waals surface area contributed by atoms with Gasteiger partial charge in [-0.1, -0.05) is 42.0 Å². The minimum atomic E-state index is -0.404. The molecule has 0 bridgehead atoms. The van der Waals surface area contributed by atoms with Crippen molar-refractivity contribution >= 4 is 17.9 Å².